The van der Waals surface area contributed by atoms with E-state index in [9.17, 15) is 10.2 Å². The minimum Gasteiger partial charge on any atom is -0.504 e. The second-order valence-electron chi connectivity index (χ2n) is 5.69. The van der Waals surface area contributed by atoms with Crippen LogP contribution in [0.3, 0.4) is 0 Å². The Morgan fingerprint density at radius 1 is 0.852 bits per heavy atom. The van der Waals surface area contributed by atoms with Crippen molar-refractivity contribution in [2.45, 2.75) is 0 Å². The van der Waals surface area contributed by atoms with Crippen molar-refractivity contribution in [1.29, 1.82) is 0 Å². The van der Waals surface area contributed by atoms with Crippen LogP contribution >= 0.6 is 34.0 Å². The number of hydrogen-bond donors (Lipinski definition) is 2. The Morgan fingerprint density at radius 2 is 1.59 bits per heavy atom. The monoisotopic (exact) mass is 407 g/mol. The van der Waals surface area contributed by atoms with Gasteiger partial charge in [0, 0.05) is 24.4 Å². The second kappa shape index (κ2) is 7.41. The minimum atomic E-state index is -0.195. The third-order valence-electron chi connectivity index (χ3n) is 3.89. The average molecular weight is 408 g/mol. The zero-order valence-corrected chi connectivity index (χ0v) is 16.4. The zero-order chi connectivity index (χ0) is 18.8. The molecule has 4 aromatic rings. The van der Waals surface area contributed by atoms with Gasteiger partial charge >= 0.3 is 0 Å². The number of thiophene rings is 3. The van der Waals surface area contributed by atoms with Gasteiger partial charge in [-0.1, -0.05) is 18.2 Å². The van der Waals surface area contributed by atoms with Gasteiger partial charge in [-0.15, -0.1) is 34.0 Å². The molecule has 6 heteroatoms. The lowest BCUT2D eigenvalue weighted by Gasteiger charge is -2.00. The second-order valence-corrected chi connectivity index (χ2v) is 8.81. The first-order valence-electron chi connectivity index (χ1n) is 7.99. The molecule has 0 bridgehead atoms. The van der Waals surface area contributed by atoms with E-state index in [0.29, 0.717) is 11.3 Å². The Labute approximate surface area is 168 Å². The smallest absolute Gasteiger partial charge is 0.204 e. The van der Waals surface area contributed by atoms with Gasteiger partial charge in [-0.3, -0.25) is 0 Å². The van der Waals surface area contributed by atoms with Crippen molar-refractivity contribution in [1.82, 2.24) is 0 Å². The highest BCUT2D eigenvalue weighted by atomic mass is 32.1. The van der Waals surface area contributed by atoms with Gasteiger partial charge in [-0.25, -0.2) is 4.85 Å². The molecule has 1 aromatic carbocycles. The van der Waals surface area contributed by atoms with Crippen molar-refractivity contribution in [3.05, 3.63) is 81.8 Å². The Hall–Kier alpha value is -2.85. The van der Waals surface area contributed by atoms with Crippen LogP contribution in [-0.2, 0) is 0 Å². The molecule has 0 fully saturated rings. The summed E-state index contributed by atoms with van der Waals surface area (Å²) >= 11 is 5.05. The van der Waals surface area contributed by atoms with Gasteiger partial charge in [0.15, 0.2) is 11.5 Å². The molecule has 3 nitrogen and oxygen atoms in total. The van der Waals surface area contributed by atoms with Gasteiger partial charge in [-0.05, 0) is 53.4 Å². The summed E-state index contributed by atoms with van der Waals surface area (Å²) in [5, 5.41) is 21.1. The number of phenolic OH excluding ortho intramolecular Hbond substituents is 2. The van der Waals surface area contributed by atoms with Gasteiger partial charge in [0.1, 0.15) is 0 Å². The summed E-state index contributed by atoms with van der Waals surface area (Å²) in [6.45, 7) is 7.51. The maximum atomic E-state index is 9.64. The Kier molecular flexibility index (Phi) is 4.82. The maximum Gasteiger partial charge on any atom is 0.204 e. The zero-order valence-electron chi connectivity index (χ0n) is 13.9. The SMILES string of the molecule is [C-]#[N+]C(=Cc1ccc(O)c(O)c1)c1ccc(-c2ccc(-c3cccs3)s2)s1. The molecule has 132 valence electrons. The van der Waals surface area contributed by atoms with Gasteiger partial charge < -0.3 is 10.2 Å². The summed E-state index contributed by atoms with van der Waals surface area (Å²) in [6.07, 6.45) is 1.72. The fourth-order valence-electron chi connectivity index (χ4n) is 2.58. The molecule has 0 aliphatic carbocycles. The molecular weight excluding hydrogens is 394 g/mol. The maximum absolute atomic E-state index is 9.64. The molecule has 0 saturated carbocycles. The molecule has 0 aliphatic heterocycles. The van der Waals surface area contributed by atoms with E-state index in [1.165, 1.54) is 26.8 Å². The summed E-state index contributed by atoms with van der Waals surface area (Å²) in [5.41, 5.74) is 1.17. The van der Waals surface area contributed by atoms with Gasteiger partial charge in [0.2, 0.25) is 5.70 Å². The van der Waals surface area contributed by atoms with Crippen LogP contribution in [0.4, 0.5) is 0 Å². The molecule has 4 rings (SSSR count). The average Bonchev–Trinajstić information content (AvgIpc) is 3.41. The Morgan fingerprint density at radius 3 is 2.30 bits per heavy atom. The number of hydrogen-bond acceptors (Lipinski definition) is 5. The van der Waals surface area contributed by atoms with Crippen LogP contribution in [0.2, 0.25) is 0 Å². The van der Waals surface area contributed by atoms with E-state index in [2.05, 4.69) is 34.5 Å². The molecule has 3 aromatic heterocycles. The number of aromatic hydroxyl groups is 2. The third-order valence-corrected chi connectivity index (χ3v) is 7.35. The number of rotatable bonds is 4. The first kappa shape index (κ1) is 17.6. The molecule has 0 atom stereocenters. The molecule has 0 radical (unpaired) electrons. The summed E-state index contributed by atoms with van der Waals surface area (Å²) < 4.78 is 0. The van der Waals surface area contributed by atoms with E-state index in [0.717, 1.165) is 9.75 Å². The van der Waals surface area contributed by atoms with Crippen molar-refractivity contribution < 1.29 is 10.2 Å². The molecule has 3 heterocycles. The van der Waals surface area contributed by atoms with E-state index in [-0.39, 0.29) is 11.5 Å². The molecule has 0 aliphatic rings. The Balaban J connectivity index is 1.64. The van der Waals surface area contributed by atoms with Gasteiger partial charge in [0.05, 0.1) is 6.57 Å². The van der Waals surface area contributed by atoms with E-state index < -0.39 is 0 Å². The molecule has 0 amide bonds. The molecule has 2 N–H and O–H groups in total. The van der Waals surface area contributed by atoms with E-state index in [1.54, 1.807) is 46.2 Å². The van der Waals surface area contributed by atoms with E-state index in [4.69, 9.17) is 6.57 Å². The van der Waals surface area contributed by atoms with Gasteiger partial charge in [-0.2, -0.15) is 0 Å². The van der Waals surface area contributed by atoms with Crippen LogP contribution in [0.1, 0.15) is 10.4 Å². The fourth-order valence-corrected chi connectivity index (χ4v) is 5.47. The minimum absolute atomic E-state index is 0.172. The lowest BCUT2D eigenvalue weighted by molar-refractivity contribution is 0.403. The molecule has 0 saturated heterocycles. The highest BCUT2D eigenvalue weighted by Gasteiger charge is 2.11. The standard InChI is InChI=1S/C21H13NO2S3/c1-22-14(11-13-4-5-15(23)16(24)12-13)17-6-7-20(26-17)21-9-8-19(27-21)18-3-2-10-25-18/h2-12,23-24H. The van der Waals surface area contributed by atoms with Crippen LogP contribution < -0.4 is 0 Å². The highest BCUT2D eigenvalue weighted by molar-refractivity contribution is 7.26. The third kappa shape index (κ3) is 3.67. The first-order valence-corrected chi connectivity index (χ1v) is 10.5. The lowest BCUT2D eigenvalue weighted by Crippen LogP contribution is -1.76. The van der Waals surface area contributed by atoms with Crippen LogP contribution in [0.25, 0.3) is 36.1 Å². The number of phenols is 2. The predicted octanol–water partition coefficient (Wildman–Crippen LogP) is 7.03. The first-order chi connectivity index (χ1) is 13.1. The van der Waals surface area contributed by atoms with Crippen molar-refractivity contribution in [2.24, 2.45) is 0 Å². The fraction of sp³-hybridized carbons (Fsp3) is 0. The van der Waals surface area contributed by atoms with Crippen LogP contribution in [0, 0.1) is 6.57 Å². The van der Waals surface area contributed by atoms with Crippen molar-refractivity contribution in [3.8, 4) is 31.0 Å². The topological polar surface area (TPSA) is 44.8 Å². The van der Waals surface area contributed by atoms with Crippen molar-refractivity contribution >= 4 is 45.8 Å². The number of nitrogens with zero attached hydrogens (tertiary/aromatic N) is 1. The summed E-state index contributed by atoms with van der Waals surface area (Å²) in [7, 11) is 0. The predicted molar refractivity (Wildman–Crippen MR) is 115 cm³/mol. The van der Waals surface area contributed by atoms with E-state index in [1.807, 2.05) is 12.1 Å². The number of benzene rings is 1. The van der Waals surface area contributed by atoms with Crippen LogP contribution in [0.5, 0.6) is 11.5 Å². The van der Waals surface area contributed by atoms with Crippen LogP contribution in [0.15, 0.2) is 60.0 Å². The summed E-state index contributed by atoms with van der Waals surface area (Å²) in [4.78, 5) is 9.33. The molecule has 0 spiro atoms. The normalized spacial score (nSPS) is 11.4. The van der Waals surface area contributed by atoms with Gasteiger partial charge in [0.25, 0.3) is 0 Å². The molecule has 27 heavy (non-hydrogen) atoms. The summed E-state index contributed by atoms with van der Waals surface area (Å²) in [6, 6.07) is 16.9. The molecular formula is C21H13NO2S3. The largest absolute Gasteiger partial charge is 0.504 e. The van der Waals surface area contributed by atoms with E-state index >= 15 is 0 Å². The highest BCUT2D eigenvalue weighted by Crippen LogP contribution is 2.40. The molecule has 0 unspecified atom stereocenters. The quantitative estimate of drug-likeness (QED) is 0.282. The lowest BCUT2D eigenvalue weighted by atomic mass is 10.1. The van der Waals surface area contributed by atoms with Crippen molar-refractivity contribution in [2.75, 3.05) is 0 Å². The van der Waals surface area contributed by atoms with Crippen LogP contribution in [-0.4, -0.2) is 10.2 Å². The van der Waals surface area contributed by atoms with Crippen molar-refractivity contribution in [3.63, 3.8) is 0 Å². The Bertz CT molecular complexity index is 1160. The summed E-state index contributed by atoms with van der Waals surface area (Å²) in [5.74, 6) is -0.367.